The average molecular weight is 371 g/mol. The molecule has 0 saturated heterocycles. The van der Waals surface area contributed by atoms with Gasteiger partial charge in [0.25, 0.3) is 0 Å². The molecule has 1 atom stereocenters. The van der Waals surface area contributed by atoms with Gasteiger partial charge in [0, 0.05) is 12.2 Å². The average Bonchev–Trinajstić information content (AvgIpc) is 2.63. The number of sulfonamides is 1. The lowest BCUT2D eigenvalue weighted by atomic mass is 10.2. The second-order valence-electron chi connectivity index (χ2n) is 5.88. The van der Waals surface area contributed by atoms with E-state index in [0.717, 1.165) is 9.87 Å². The van der Waals surface area contributed by atoms with Gasteiger partial charge in [-0.1, -0.05) is 30.7 Å². The Kier molecular flexibility index (Phi) is 6.14. The van der Waals surface area contributed by atoms with E-state index in [1.165, 1.54) is 24.3 Å². The van der Waals surface area contributed by atoms with Gasteiger partial charge in [0.15, 0.2) is 0 Å². The fourth-order valence-corrected chi connectivity index (χ4v) is 4.18. The Morgan fingerprint density at radius 3 is 2.46 bits per heavy atom. The molecule has 2 aromatic carbocycles. The lowest BCUT2D eigenvalue weighted by molar-refractivity contribution is -0.119. The number of nitrogens with zero attached hydrogens (tertiary/aromatic N) is 2. The summed E-state index contributed by atoms with van der Waals surface area (Å²) in [5, 5.41) is 11.7. The van der Waals surface area contributed by atoms with Gasteiger partial charge in [-0.15, -0.1) is 0 Å². The summed E-state index contributed by atoms with van der Waals surface area (Å²) >= 11 is 0. The lowest BCUT2D eigenvalue weighted by Crippen LogP contribution is -2.45. The Bertz CT molecular complexity index is 931. The predicted octanol–water partition coefficient (Wildman–Crippen LogP) is 2.90. The Morgan fingerprint density at radius 1 is 1.23 bits per heavy atom. The normalized spacial score (nSPS) is 12.4. The summed E-state index contributed by atoms with van der Waals surface area (Å²) in [7, 11) is -3.91. The van der Waals surface area contributed by atoms with Crippen molar-refractivity contribution in [3.05, 3.63) is 59.7 Å². The van der Waals surface area contributed by atoms with Gasteiger partial charge in [-0.3, -0.25) is 4.79 Å². The van der Waals surface area contributed by atoms with Crippen molar-refractivity contribution < 1.29 is 13.2 Å². The Balaban J connectivity index is 2.26. The van der Waals surface area contributed by atoms with E-state index in [4.69, 9.17) is 5.26 Å². The number of rotatable bonds is 6. The number of aryl methyl sites for hydroxylation is 1. The predicted molar refractivity (Wildman–Crippen MR) is 100.0 cm³/mol. The Labute approximate surface area is 154 Å². The summed E-state index contributed by atoms with van der Waals surface area (Å²) in [6.45, 7) is 5.27. The molecule has 0 heterocycles. The number of nitriles is 1. The monoisotopic (exact) mass is 371 g/mol. The van der Waals surface area contributed by atoms with E-state index in [2.05, 4.69) is 5.32 Å². The van der Waals surface area contributed by atoms with Gasteiger partial charge in [0.1, 0.15) is 6.04 Å². The van der Waals surface area contributed by atoms with Crippen LogP contribution >= 0.6 is 0 Å². The van der Waals surface area contributed by atoms with Gasteiger partial charge >= 0.3 is 0 Å². The molecule has 6 nitrogen and oxygen atoms in total. The van der Waals surface area contributed by atoms with Crippen molar-refractivity contribution in [2.24, 2.45) is 0 Å². The molecule has 1 unspecified atom stereocenters. The summed E-state index contributed by atoms with van der Waals surface area (Å²) in [6.07, 6.45) is 0. The number of amides is 1. The second kappa shape index (κ2) is 8.13. The van der Waals surface area contributed by atoms with Crippen LogP contribution in [0, 0.1) is 18.3 Å². The molecule has 136 valence electrons. The molecule has 1 amide bonds. The van der Waals surface area contributed by atoms with E-state index < -0.39 is 22.0 Å². The number of carbonyl (C=O) groups excluding carboxylic acids is 1. The first-order chi connectivity index (χ1) is 12.3. The second-order valence-corrected chi connectivity index (χ2v) is 7.77. The first-order valence-corrected chi connectivity index (χ1v) is 9.63. The molecular formula is C19H21N3O3S. The number of carbonyl (C=O) groups is 1. The molecule has 2 aromatic rings. The van der Waals surface area contributed by atoms with Gasteiger partial charge in [-0.05, 0) is 44.2 Å². The van der Waals surface area contributed by atoms with Gasteiger partial charge < -0.3 is 5.32 Å². The molecule has 0 aliphatic rings. The zero-order chi connectivity index (χ0) is 19.3. The summed E-state index contributed by atoms with van der Waals surface area (Å²) in [6, 6.07) is 14.0. The van der Waals surface area contributed by atoms with Crippen molar-refractivity contribution in [2.75, 3.05) is 11.9 Å². The molecule has 0 aliphatic carbocycles. The third kappa shape index (κ3) is 4.28. The van der Waals surface area contributed by atoms with Gasteiger partial charge in [0.05, 0.1) is 16.5 Å². The van der Waals surface area contributed by atoms with Crippen molar-refractivity contribution in [1.29, 1.82) is 5.26 Å². The van der Waals surface area contributed by atoms with Crippen LogP contribution in [0.2, 0.25) is 0 Å². The fourth-order valence-electron chi connectivity index (χ4n) is 2.53. The molecule has 7 heteroatoms. The third-order valence-electron chi connectivity index (χ3n) is 4.01. The molecule has 1 N–H and O–H groups in total. The highest BCUT2D eigenvalue weighted by atomic mass is 32.2. The molecule has 0 aliphatic heterocycles. The lowest BCUT2D eigenvalue weighted by Gasteiger charge is -2.26. The van der Waals surface area contributed by atoms with E-state index in [1.807, 2.05) is 25.1 Å². The van der Waals surface area contributed by atoms with Crippen LogP contribution in [0.25, 0.3) is 0 Å². The molecule has 2 rings (SSSR count). The molecule has 0 spiro atoms. The molecule has 0 saturated carbocycles. The topological polar surface area (TPSA) is 90.3 Å². The van der Waals surface area contributed by atoms with E-state index in [1.54, 1.807) is 26.0 Å². The number of nitrogens with one attached hydrogen (secondary N) is 1. The van der Waals surface area contributed by atoms with Gasteiger partial charge in [0.2, 0.25) is 15.9 Å². The van der Waals surface area contributed by atoms with E-state index >= 15 is 0 Å². The zero-order valence-corrected chi connectivity index (χ0v) is 15.7. The van der Waals surface area contributed by atoms with Crippen LogP contribution in [-0.2, 0) is 14.8 Å². The third-order valence-corrected chi connectivity index (χ3v) is 6.05. The van der Waals surface area contributed by atoms with Crippen molar-refractivity contribution >= 4 is 21.6 Å². The minimum absolute atomic E-state index is 0.00612. The highest BCUT2D eigenvalue weighted by Gasteiger charge is 2.32. The Morgan fingerprint density at radius 2 is 1.88 bits per heavy atom. The van der Waals surface area contributed by atoms with E-state index in [0.29, 0.717) is 5.69 Å². The highest BCUT2D eigenvalue weighted by Crippen LogP contribution is 2.20. The van der Waals surface area contributed by atoms with Crippen LogP contribution in [0.15, 0.2) is 53.4 Å². The summed E-state index contributed by atoms with van der Waals surface area (Å²) in [5.74, 6) is -0.421. The zero-order valence-electron chi connectivity index (χ0n) is 14.9. The summed E-state index contributed by atoms with van der Waals surface area (Å²) in [4.78, 5) is 12.5. The first-order valence-electron chi connectivity index (χ1n) is 8.19. The number of hydrogen-bond donors (Lipinski definition) is 1. The fraction of sp³-hybridized carbons (Fsp3) is 0.263. The van der Waals surface area contributed by atoms with Crippen LogP contribution < -0.4 is 5.32 Å². The molecule has 0 bridgehead atoms. The summed E-state index contributed by atoms with van der Waals surface area (Å²) < 4.78 is 26.9. The largest absolute Gasteiger partial charge is 0.325 e. The summed E-state index contributed by atoms with van der Waals surface area (Å²) in [5.41, 5.74) is 1.91. The number of benzene rings is 2. The minimum Gasteiger partial charge on any atom is -0.325 e. The standard InChI is InChI=1S/C19H21N3O3S/c1-4-22(26(24,25)18-7-5-6-16(12-18)13-20)15(3)19(23)21-17-10-8-14(2)9-11-17/h5-12,15H,4H2,1-3H3,(H,21,23). The highest BCUT2D eigenvalue weighted by molar-refractivity contribution is 7.89. The number of likely N-dealkylation sites (N-methyl/N-ethyl adjacent to an activating group) is 1. The van der Waals surface area contributed by atoms with Gasteiger partial charge in [-0.25, -0.2) is 8.42 Å². The van der Waals surface area contributed by atoms with Crippen molar-refractivity contribution in [2.45, 2.75) is 31.7 Å². The molecule has 26 heavy (non-hydrogen) atoms. The van der Waals surface area contributed by atoms with Crippen molar-refractivity contribution in [1.82, 2.24) is 4.31 Å². The molecule has 0 fully saturated rings. The molecule has 0 radical (unpaired) electrons. The number of anilines is 1. The quantitative estimate of drug-likeness (QED) is 0.845. The van der Waals surface area contributed by atoms with E-state index in [9.17, 15) is 13.2 Å². The van der Waals surface area contributed by atoms with E-state index in [-0.39, 0.29) is 17.0 Å². The maximum atomic E-state index is 12.9. The van der Waals surface area contributed by atoms with Crippen LogP contribution in [0.5, 0.6) is 0 Å². The molecule has 0 aromatic heterocycles. The maximum absolute atomic E-state index is 12.9. The van der Waals surface area contributed by atoms with Crippen molar-refractivity contribution in [3.63, 3.8) is 0 Å². The number of hydrogen-bond acceptors (Lipinski definition) is 4. The Hall–Kier alpha value is -2.69. The maximum Gasteiger partial charge on any atom is 0.243 e. The molecular weight excluding hydrogens is 350 g/mol. The smallest absolute Gasteiger partial charge is 0.243 e. The van der Waals surface area contributed by atoms with Crippen LogP contribution in [0.1, 0.15) is 25.0 Å². The van der Waals surface area contributed by atoms with Gasteiger partial charge in [-0.2, -0.15) is 9.57 Å². The first kappa shape index (κ1) is 19.6. The van der Waals surface area contributed by atoms with Crippen LogP contribution in [-0.4, -0.2) is 31.2 Å². The minimum atomic E-state index is -3.91. The van der Waals surface area contributed by atoms with Crippen LogP contribution in [0.4, 0.5) is 5.69 Å². The van der Waals surface area contributed by atoms with Crippen LogP contribution in [0.3, 0.4) is 0 Å². The van der Waals surface area contributed by atoms with Crippen molar-refractivity contribution in [3.8, 4) is 6.07 Å². The SMILES string of the molecule is CCN(C(C)C(=O)Nc1ccc(C)cc1)S(=O)(=O)c1cccc(C#N)c1.